The van der Waals surface area contributed by atoms with Crippen LogP contribution in [0.15, 0.2) is 42.7 Å². The summed E-state index contributed by atoms with van der Waals surface area (Å²) in [5, 5.41) is 3.12. The Balaban J connectivity index is 1.93. The van der Waals surface area contributed by atoms with Gasteiger partial charge in [0, 0.05) is 24.5 Å². The number of hydrogen-bond donors (Lipinski definition) is 1. The number of nitrogens with zero attached hydrogens (tertiary/aromatic N) is 1. The number of aromatic nitrogens is 1. The maximum absolute atomic E-state index is 5.72. The molecule has 3 nitrogen and oxygen atoms in total. The van der Waals surface area contributed by atoms with Crippen LogP contribution < -0.4 is 10.1 Å². The molecule has 0 fully saturated rings. The molecule has 0 bridgehead atoms. The van der Waals surface area contributed by atoms with Gasteiger partial charge in [0.2, 0.25) is 0 Å². The van der Waals surface area contributed by atoms with E-state index in [1.165, 1.54) is 5.56 Å². The fraction of sp³-hybridized carbons (Fsp3) is 0.267. The molecule has 0 atom stereocenters. The second-order valence-corrected chi connectivity index (χ2v) is 4.33. The standard InChI is InChI=1S/C15H18N2O/c1-12-7-14(10-17-8-12)11-18-15-5-3-13(4-6-15)9-16-2/h3-8,10,16H,9,11H2,1-2H3. The van der Waals surface area contributed by atoms with Gasteiger partial charge < -0.3 is 10.1 Å². The molecule has 0 saturated heterocycles. The number of rotatable bonds is 5. The number of ether oxygens (including phenoxy) is 1. The fourth-order valence-electron chi connectivity index (χ4n) is 1.77. The Kier molecular flexibility index (Phi) is 4.31. The summed E-state index contributed by atoms with van der Waals surface area (Å²) in [6.45, 7) is 3.46. The van der Waals surface area contributed by atoms with Crippen LogP contribution >= 0.6 is 0 Å². The second-order valence-electron chi connectivity index (χ2n) is 4.33. The molecule has 1 heterocycles. The van der Waals surface area contributed by atoms with Crippen LogP contribution in [0.3, 0.4) is 0 Å². The minimum absolute atomic E-state index is 0.556. The first-order valence-corrected chi connectivity index (χ1v) is 6.05. The van der Waals surface area contributed by atoms with Gasteiger partial charge in [-0.05, 0) is 43.3 Å². The zero-order valence-corrected chi connectivity index (χ0v) is 10.8. The maximum atomic E-state index is 5.72. The summed E-state index contributed by atoms with van der Waals surface area (Å²) in [7, 11) is 1.94. The molecule has 3 heteroatoms. The maximum Gasteiger partial charge on any atom is 0.119 e. The summed E-state index contributed by atoms with van der Waals surface area (Å²) in [4.78, 5) is 4.15. The Hall–Kier alpha value is -1.87. The molecule has 0 unspecified atom stereocenters. The highest BCUT2D eigenvalue weighted by Gasteiger charge is 1.97. The van der Waals surface area contributed by atoms with Crippen LogP contribution in [0, 0.1) is 6.92 Å². The Bertz CT molecular complexity index is 494. The van der Waals surface area contributed by atoms with Crippen molar-refractivity contribution in [3.05, 3.63) is 59.4 Å². The lowest BCUT2D eigenvalue weighted by Crippen LogP contribution is -2.04. The number of hydrogen-bond acceptors (Lipinski definition) is 3. The second kappa shape index (κ2) is 6.17. The fourth-order valence-corrected chi connectivity index (χ4v) is 1.77. The molecule has 0 radical (unpaired) electrons. The summed E-state index contributed by atoms with van der Waals surface area (Å²) in [6.07, 6.45) is 3.68. The van der Waals surface area contributed by atoms with E-state index >= 15 is 0 Å². The number of nitrogens with one attached hydrogen (secondary N) is 1. The Labute approximate surface area is 108 Å². The van der Waals surface area contributed by atoms with Crippen molar-refractivity contribution >= 4 is 0 Å². The summed E-state index contributed by atoms with van der Waals surface area (Å²) in [6, 6.07) is 10.2. The van der Waals surface area contributed by atoms with Gasteiger partial charge in [-0.15, -0.1) is 0 Å². The van der Waals surface area contributed by atoms with Crippen molar-refractivity contribution in [3.63, 3.8) is 0 Å². The summed E-state index contributed by atoms with van der Waals surface area (Å²) in [5.41, 5.74) is 3.50. The monoisotopic (exact) mass is 242 g/mol. The lowest BCUT2D eigenvalue weighted by molar-refractivity contribution is 0.305. The van der Waals surface area contributed by atoms with Crippen molar-refractivity contribution < 1.29 is 4.74 Å². The van der Waals surface area contributed by atoms with E-state index < -0.39 is 0 Å². The molecule has 0 aliphatic rings. The summed E-state index contributed by atoms with van der Waals surface area (Å²) < 4.78 is 5.72. The van der Waals surface area contributed by atoms with Gasteiger partial charge in [0.1, 0.15) is 12.4 Å². The van der Waals surface area contributed by atoms with Gasteiger partial charge in [0.15, 0.2) is 0 Å². The Morgan fingerprint density at radius 3 is 2.56 bits per heavy atom. The number of benzene rings is 1. The molecule has 0 aliphatic heterocycles. The van der Waals surface area contributed by atoms with Gasteiger partial charge in [0.25, 0.3) is 0 Å². The van der Waals surface area contributed by atoms with Gasteiger partial charge in [-0.1, -0.05) is 12.1 Å². The first kappa shape index (κ1) is 12.6. The van der Waals surface area contributed by atoms with Gasteiger partial charge in [0.05, 0.1) is 0 Å². The first-order chi connectivity index (χ1) is 8.78. The normalized spacial score (nSPS) is 10.3. The Morgan fingerprint density at radius 2 is 1.89 bits per heavy atom. The molecule has 1 N–H and O–H groups in total. The molecule has 1 aromatic carbocycles. The molecule has 0 saturated carbocycles. The van der Waals surface area contributed by atoms with Gasteiger partial charge in [-0.2, -0.15) is 0 Å². The van der Waals surface area contributed by atoms with Gasteiger partial charge >= 0.3 is 0 Å². The van der Waals surface area contributed by atoms with Crippen molar-refractivity contribution in [2.24, 2.45) is 0 Å². The zero-order valence-electron chi connectivity index (χ0n) is 10.8. The predicted octanol–water partition coefficient (Wildman–Crippen LogP) is 2.69. The third-order valence-corrected chi connectivity index (χ3v) is 2.64. The van der Waals surface area contributed by atoms with Crippen LogP contribution in [-0.4, -0.2) is 12.0 Å². The first-order valence-electron chi connectivity index (χ1n) is 6.05. The van der Waals surface area contributed by atoms with E-state index in [0.29, 0.717) is 6.61 Å². The van der Waals surface area contributed by atoms with E-state index in [-0.39, 0.29) is 0 Å². The van der Waals surface area contributed by atoms with E-state index in [1.54, 1.807) is 0 Å². The summed E-state index contributed by atoms with van der Waals surface area (Å²) >= 11 is 0. The number of pyridine rings is 1. The molecule has 0 spiro atoms. The van der Waals surface area contributed by atoms with E-state index in [0.717, 1.165) is 23.4 Å². The minimum atomic E-state index is 0.556. The van der Waals surface area contributed by atoms with Gasteiger partial charge in [-0.3, -0.25) is 4.98 Å². The highest BCUT2D eigenvalue weighted by atomic mass is 16.5. The van der Waals surface area contributed by atoms with E-state index in [9.17, 15) is 0 Å². The van der Waals surface area contributed by atoms with Crippen LogP contribution in [0.1, 0.15) is 16.7 Å². The smallest absolute Gasteiger partial charge is 0.119 e. The molecular weight excluding hydrogens is 224 g/mol. The summed E-state index contributed by atoms with van der Waals surface area (Å²) in [5.74, 6) is 0.886. The van der Waals surface area contributed by atoms with Crippen molar-refractivity contribution in [2.45, 2.75) is 20.1 Å². The van der Waals surface area contributed by atoms with Crippen molar-refractivity contribution in [2.75, 3.05) is 7.05 Å². The van der Waals surface area contributed by atoms with Crippen LogP contribution in [-0.2, 0) is 13.2 Å². The third-order valence-electron chi connectivity index (χ3n) is 2.64. The molecule has 0 aliphatic carbocycles. The minimum Gasteiger partial charge on any atom is -0.489 e. The van der Waals surface area contributed by atoms with Gasteiger partial charge in [-0.25, -0.2) is 0 Å². The highest BCUT2D eigenvalue weighted by molar-refractivity contribution is 5.27. The SMILES string of the molecule is CNCc1ccc(OCc2cncc(C)c2)cc1. The van der Waals surface area contributed by atoms with E-state index in [1.807, 2.05) is 38.5 Å². The van der Waals surface area contributed by atoms with Crippen LogP contribution in [0.4, 0.5) is 0 Å². The molecular formula is C15H18N2O. The van der Waals surface area contributed by atoms with Crippen molar-refractivity contribution in [1.82, 2.24) is 10.3 Å². The Morgan fingerprint density at radius 1 is 1.11 bits per heavy atom. The lowest BCUT2D eigenvalue weighted by atomic mass is 10.2. The van der Waals surface area contributed by atoms with E-state index in [2.05, 4.69) is 28.5 Å². The lowest BCUT2D eigenvalue weighted by Gasteiger charge is -2.07. The van der Waals surface area contributed by atoms with Crippen molar-refractivity contribution in [1.29, 1.82) is 0 Å². The number of aryl methyl sites for hydroxylation is 1. The van der Waals surface area contributed by atoms with Crippen LogP contribution in [0.5, 0.6) is 5.75 Å². The molecule has 18 heavy (non-hydrogen) atoms. The topological polar surface area (TPSA) is 34.1 Å². The van der Waals surface area contributed by atoms with E-state index in [4.69, 9.17) is 4.74 Å². The largest absolute Gasteiger partial charge is 0.489 e. The van der Waals surface area contributed by atoms with Crippen molar-refractivity contribution in [3.8, 4) is 5.75 Å². The van der Waals surface area contributed by atoms with Crippen LogP contribution in [0.25, 0.3) is 0 Å². The molecule has 94 valence electrons. The molecule has 0 amide bonds. The molecule has 1 aromatic heterocycles. The van der Waals surface area contributed by atoms with Crippen LogP contribution in [0.2, 0.25) is 0 Å². The average Bonchev–Trinajstić information content (AvgIpc) is 2.38. The molecule has 2 aromatic rings. The third kappa shape index (κ3) is 3.57. The highest BCUT2D eigenvalue weighted by Crippen LogP contribution is 2.14. The quantitative estimate of drug-likeness (QED) is 0.875. The molecule has 2 rings (SSSR count). The predicted molar refractivity (Wildman–Crippen MR) is 72.5 cm³/mol. The average molecular weight is 242 g/mol. The zero-order chi connectivity index (χ0) is 12.8.